The summed E-state index contributed by atoms with van der Waals surface area (Å²) in [7, 11) is -2.49. The summed E-state index contributed by atoms with van der Waals surface area (Å²) in [6.07, 6.45) is 0. The summed E-state index contributed by atoms with van der Waals surface area (Å²) in [6, 6.07) is 20.1. The SMILES string of the molecule is COC(=O)C(c1ccccc1)N1Cc2cc(-c3ccccc3S(=O)(=O)NC(C)(C)C)ccc2C1=O. The molecular formula is C27H28N2O5S. The lowest BCUT2D eigenvalue weighted by Gasteiger charge is -2.25. The van der Waals surface area contributed by atoms with Crippen molar-refractivity contribution in [3.8, 4) is 11.1 Å². The number of rotatable bonds is 6. The Morgan fingerprint density at radius 3 is 2.29 bits per heavy atom. The van der Waals surface area contributed by atoms with Crippen molar-refractivity contribution in [2.24, 2.45) is 0 Å². The zero-order valence-corrected chi connectivity index (χ0v) is 20.9. The summed E-state index contributed by atoms with van der Waals surface area (Å²) in [5.41, 5.74) is 2.41. The summed E-state index contributed by atoms with van der Waals surface area (Å²) >= 11 is 0. The largest absolute Gasteiger partial charge is 0.467 e. The molecule has 7 nitrogen and oxygen atoms in total. The topological polar surface area (TPSA) is 92.8 Å². The molecule has 1 heterocycles. The number of hydrogen-bond acceptors (Lipinski definition) is 5. The maximum absolute atomic E-state index is 13.3. The van der Waals surface area contributed by atoms with Crippen LogP contribution in [-0.2, 0) is 26.1 Å². The predicted octanol–water partition coefficient (Wildman–Crippen LogP) is 4.30. The average molecular weight is 493 g/mol. The number of amides is 1. The Hall–Kier alpha value is -3.49. The number of hydrogen-bond donors (Lipinski definition) is 1. The van der Waals surface area contributed by atoms with E-state index in [-0.39, 0.29) is 17.3 Å². The van der Waals surface area contributed by atoms with Gasteiger partial charge < -0.3 is 9.64 Å². The normalized spacial score (nSPS) is 14.5. The summed E-state index contributed by atoms with van der Waals surface area (Å²) in [5.74, 6) is -0.802. The second kappa shape index (κ2) is 9.28. The zero-order valence-electron chi connectivity index (χ0n) is 20.1. The minimum Gasteiger partial charge on any atom is -0.467 e. The first kappa shape index (κ1) is 24.6. The lowest BCUT2D eigenvalue weighted by Crippen LogP contribution is -2.40. The Bertz CT molecular complexity index is 1380. The first-order valence-corrected chi connectivity index (χ1v) is 12.7. The Morgan fingerprint density at radius 1 is 0.971 bits per heavy atom. The van der Waals surface area contributed by atoms with Gasteiger partial charge >= 0.3 is 5.97 Å². The maximum Gasteiger partial charge on any atom is 0.333 e. The number of nitrogens with zero attached hydrogens (tertiary/aromatic N) is 1. The first-order valence-electron chi connectivity index (χ1n) is 11.2. The number of fused-ring (bicyclic) bond motifs is 1. The molecule has 1 amide bonds. The molecule has 0 aliphatic carbocycles. The van der Waals surface area contributed by atoms with Crippen molar-refractivity contribution in [1.29, 1.82) is 0 Å². The van der Waals surface area contributed by atoms with Gasteiger partial charge in [-0.2, -0.15) is 0 Å². The van der Waals surface area contributed by atoms with Crippen LogP contribution in [0, 0.1) is 0 Å². The van der Waals surface area contributed by atoms with E-state index in [0.717, 1.165) is 0 Å². The van der Waals surface area contributed by atoms with Crippen LogP contribution in [0.4, 0.5) is 0 Å². The van der Waals surface area contributed by atoms with Gasteiger partial charge in [-0.1, -0.05) is 54.6 Å². The van der Waals surface area contributed by atoms with E-state index in [2.05, 4.69) is 4.72 Å². The van der Waals surface area contributed by atoms with E-state index in [1.54, 1.807) is 81.4 Å². The number of carbonyl (C=O) groups excluding carboxylic acids is 2. The van der Waals surface area contributed by atoms with Crippen molar-refractivity contribution in [3.63, 3.8) is 0 Å². The number of sulfonamides is 1. The number of carbonyl (C=O) groups is 2. The van der Waals surface area contributed by atoms with Crippen molar-refractivity contribution in [2.45, 2.75) is 43.8 Å². The second-order valence-corrected chi connectivity index (χ2v) is 11.1. The molecule has 1 N–H and O–H groups in total. The highest BCUT2D eigenvalue weighted by atomic mass is 32.2. The molecule has 0 radical (unpaired) electrons. The van der Waals surface area contributed by atoms with Gasteiger partial charge in [0.2, 0.25) is 10.0 Å². The highest BCUT2D eigenvalue weighted by Crippen LogP contribution is 2.36. The van der Waals surface area contributed by atoms with Crippen molar-refractivity contribution < 1.29 is 22.7 Å². The second-order valence-electron chi connectivity index (χ2n) is 9.49. The predicted molar refractivity (Wildman–Crippen MR) is 133 cm³/mol. The lowest BCUT2D eigenvalue weighted by molar-refractivity contribution is -0.146. The number of esters is 1. The van der Waals surface area contributed by atoms with E-state index < -0.39 is 27.6 Å². The third-order valence-electron chi connectivity index (χ3n) is 5.72. The minimum absolute atomic E-state index is 0.160. The third-order valence-corrected chi connectivity index (χ3v) is 7.53. The fourth-order valence-corrected chi connectivity index (χ4v) is 5.96. The number of ether oxygens (including phenoxy) is 1. The zero-order chi connectivity index (χ0) is 25.4. The Balaban J connectivity index is 1.73. The number of benzene rings is 3. The Morgan fingerprint density at radius 2 is 1.63 bits per heavy atom. The van der Waals surface area contributed by atoms with Gasteiger partial charge in [0.05, 0.1) is 12.0 Å². The minimum atomic E-state index is -3.79. The van der Waals surface area contributed by atoms with E-state index in [0.29, 0.717) is 27.8 Å². The molecular weight excluding hydrogens is 464 g/mol. The summed E-state index contributed by atoms with van der Waals surface area (Å²) in [6.45, 7) is 5.56. The van der Waals surface area contributed by atoms with E-state index in [1.807, 2.05) is 12.1 Å². The van der Waals surface area contributed by atoms with Gasteiger partial charge in [0.25, 0.3) is 5.91 Å². The molecule has 1 atom stereocenters. The number of methoxy groups -OCH3 is 1. The molecule has 8 heteroatoms. The van der Waals surface area contributed by atoms with Crippen LogP contribution in [0.15, 0.2) is 77.7 Å². The molecule has 0 saturated carbocycles. The van der Waals surface area contributed by atoms with Crippen LogP contribution in [0.3, 0.4) is 0 Å². The van der Waals surface area contributed by atoms with Gasteiger partial charge in [0.15, 0.2) is 6.04 Å². The fourth-order valence-electron chi connectivity index (χ4n) is 4.31. The quantitative estimate of drug-likeness (QED) is 0.518. The molecule has 35 heavy (non-hydrogen) atoms. The smallest absolute Gasteiger partial charge is 0.333 e. The third kappa shape index (κ3) is 4.99. The van der Waals surface area contributed by atoms with Crippen LogP contribution >= 0.6 is 0 Å². The molecule has 3 aromatic carbocycles. The van der Waals surface area contributed by atoms with Gasteiger partial charge in [-0.3, -0.25) is 4.79 Å². The molecule has 3 aromatic rings. The molecule has 1 aliphatic rings. The van der Waals surface area contributed by atoms with E-state index in [4.69, 9.17) is 4.74 Å². The first-order chi connectivity index (χ1) is 16.5. The van der Waals surface area contributed by atoms with E-state index >= 15 is 0 Å². The Kier molecular flexibility index (Phi) is 6.53. The number of nitrogens with one attached hydrogen (secondary N) is 1. The van der Waals surface area contributed by atoms with Crippen LogP contribution in [0.1, 0.15) is 48.3 Å². The highest BCUT2D eigenvalue weighted by Gasteiger charge is 2.38. The van der Waals surface area contributed by atoms with Crippen LogP contribution in [-0.4, -0.2) is 37.8 Å². The van der Waals surface area contributed by atoms with Gasteiger partial charge in [-0.05, 0) is 55.7 Å². The summed E-state index contributed by atoms with van der Waals surface area (Å²) in [5, 5.41) is 0. The van der Waals surface area contributed by atoms with Crippen LogP contribution < -0.4 is 4.72 Å². The Labute approximate surface area is 205 Å². The van der Waals surface area contributed by atoms with Gasteiger partial charge in [-0.25, -0.2) is 17.9 Å². The molecule has 4 rings (SSSR count). The van der Waals surface area contributed by atoms with Gasteiger partial charge in [-0.15, -0.1) is 0 Å². The highest BCUT2D eigenvalue weighted by molar-refractivity contribution is 7.89. The molecule has 182 valence electrons. The van der Waals surface area contributed by atoms with Crippen molar-refractivity contribution >= 4 is 21.9 Å². The molecule has 0 bridgehead atoms. The van der Waals surface area contributed by atoms with E-state index in [1.165, 1.54) is 12.0 Å². The van der Waals surface area contributed by atoms with Gasteiger partial charge in [0.1, 0.15) is 0 Å². The molecule has 1 unspecified atom stereocenters. The van der Waals surface area contributed by atoms with Crippen LogP contribution in [0.5, 0.6) is 0 Å². The summed E-state index contributed by atoms with van der Waals surface area (Å²) in [4.78, 5) is 27.6. The van der Waals surface area contributed by atoms with Crippen LogP contribution in [0.2, 0.25) is 0 Å². The molecule has 0 fully saturated rings. The van der Waals surface area contributed by atoms with E-state index in [9.17, 15) is 18.0 Å². The average Bonchev–Trinajstić information content (AvgIpc) is 3.13. The fraction of sp³-hybridized carbons (Fsp3) is 0.259. The van der Waals surface area contributed by atoms with Crippen molar-refractivity contribution in [2.75, 3.05) is 7.11 Å². The molecule has 0 aromatic heterocycles. The monoisotopic (exact) mass is 492 g/mol. The lowest BCUT2D eigenvalue weighted by atomic mass is 10.0. The van der Waals surface area contributed by atoms with Crippen molar-refractivity contribution in [3.05, 3.63) is 89.5 Å². The molecule has 0 spiro atoms. The molecule has 1 aliphatic heterocycles. The van der Waals surface area contributed by atoms with Gasteiger partial charge in [0, 0.05) is 23.2 Å². The maximum atomic E-state index is 13.3. The van der Waals surface area contributed by atoms with Crippen LogP contribution in [0.25, 0.3) is 11.1 Å². The summed E-state index contributed by atoms with van der Waals surface area (Å²) < 4.78 is 33.9. The molecule has 0 saturated heterocycles. The van der Waals surface area contributed by atoms with Crippen molar-refractivity contribution in [1.82, 2.24) is 9.62 Å². The standard InChI is InChI=1S/C27H28N2O5S/c1-27(2,3)28-35(32,33)23-13-9-8-12-21(23)19-14-15-22-20(16-19)17-29(25(22)30)24(26(31)34-4)18-10-6-5-7-11-18/h5-16,24,28H,17H2,1-4H3.